The van der Waals surface area contributed by atoms with Gasteiger partial charge in [0, 0.05) is 5.75 Å². The molecule has 62 valence electrons. The second kappa shape index (κ2) is 3.97. The molecule has 0 aromatic carbocycles. The van der Waals surface area contributed by atoms with Crippen molar-refractivity contribution < 1.29 is 0 Å². The first-order valence-corrected chi connectivity index (χ1v) is 5.33. The largest absolute Gasteiger partial charge is 0.397 e. The van der Waals surface area contributed by atoms with Crippen LogP contribution in [-0.2, 0) is 5.75 Å². The van der Waals surface area contributed by atoms with Gasteiger partial charge in [-0.15, -0.1) is 0 Å². The lowest BCUT2D eigenvalue weighted by Gasteiger charge is -2.01. The normalized spacial score (nSPS) is 10.8. The van der Waals surface area contributed by atoms with Gasteiger partial charge in [-0.25, -0.2) is 0 Å². The lowest BCUT2D eigenvalue weighted by molar-refractivity contribution is 1.11. The summed E-state index contributed by atoms with van der Waals surface area (Å²) in [7, 11) is 0. The Morgan fingerprint density at radius 2 is 2.45 bits per heavy atom. The molecule has 4 heteroatoms. The van der Waals surface area contributed by atoms with Gasteiger partial charge >= 0.3 is 0 Å². The first-order chi connectivity index (χ1) is 5.20. The summed E-state index contributed by atoms with van der Waals surface area (Å²) in [6.07, 6.45) is 1.72. The molecular formula is C7H12N2S2. The number of hydrogen-bond donors (Lipinski definition) is 1. The minimum absolute atomic E-state index is 0.663. The summed E-state index contributed by atoms with van der Waals surface area (Å²) in [5.41, 5.74) is 6.50. The zero-order valence-electron chi connectivity index (χ0n) is 6.70. The van der Waals surface area contributed by atoms with E-state index in [0.717, 1.165) is 11.4 Å². The standard InChI is InChI=1S/C7H12N2S2/c1-5(2)10-4-7-6(8)3-9-11-7/h3,5H,4,8H2,1-2H3. The van der Waals surface area contributed by atoms with Crippen molar-refractivity contribution in [2.45, 2.75) is 24.9 Å². The van der Waals surface area contributed by atoms with Gasteiger partial charge in [0.05, 0.1) is 16.8 Å². The molecule has 1 aromatic rings. The molecule has 0 aliphatic carbocycles. The number of nitrogen functional groups attached to an aromatic ring is 1. The van der Waals surface area contributed by atoms with E-state index in [1.807, 2.05) is 11.8 Å². The van der Waals surface area contributed by atoms with Gasteiger partial charge in [-0.2, -0.15) is 16.1 Å². The van der Waals surface area contributed by atoms with Crippen LogP contribution in [0, 0.1) is 0 Å². The first-order valence-electron chi connectivity index (χ1n) is 3.50. The molecule has 0 spiro atoms. The zero-order chi connectivity index (χ0) is 8.27. The molecule has 0 aliphatic heterocycles. The van der Waals surface area contributed by atoms with Crippen LogP contribution in [0.5, 0.6) is 0 Å². The minimum atomic E-state index is 0.663. The molecule has 0 bridgehead atoms. The molecule has 0 aliphatic rings. The molecule has 0 saturated carbocycles. The Balaban J connectivity index is 2.44. The topological polar surface area (TPSA) is 38.9 Å². The van der Waals surface area contributed by atoms with Gasteiger partial charge in [-0.05, 0) is 16.8 Å². The highest BCUT2D eigenvalue weighted by Gasteiger charge is 2.02. The fourth-order valence-corrected chi connectivity index (χ4v) is 2.14. The fraction of sp³-hybridized carbons (Fsp3) is 0.571. The van der Waals surface area contributed by atoms with Crippen molar-refractivity contribution >= 4 is 29.0 Å². The van der Waals surface area contributed by atoms with Crippen LogP contribution in [0.3, 0.4) is 0 Å². The zero-order valence-corrected chi connectivity index (χ0v) is 8.34. The van der Waals surface area contributed by atoms with Crippen molar-refractivity contribution in [3.8, 4) is 0 Å². The maximum absolute atomic E-state index is 5.66. The summed E-state index contributed by atoms with van der Waals surface area (Å²) >= 11 is 3.39. The highest BCUT2D eigenvalue weighted by Crippen LogP contribution is 2.24. The van der Waals surface area contributed by atoms with Gasteiger partial charge in [-0.1, -0.05) is 13.8 Å². The molecule has 0 saturated heterocycles. The summed E-state index contributed by atoms with van der Waals surface area (Å²) < 4.78 is 4.00. The van der Waals surface area contributed by atoms with Crippen LogP contribution in [0.1, 0.15) is 18.7 Å². The lowest BCUT2D eigenvalue weighted by Crippen LogP contribution is -1.90. The SMILES string of the molecule is CC(C)SCc1sncc1N. The third-order valence-corrected chi connectivity index (χ3v) is 3.34. The van der Waals surface area contributed by atoms with Crippen molar-refractivity contribution in [1.82, 2.24) is 4.37 Å². The molecule has 0 unspecified atom stereocenters. The quantitative estimate of drug-likeness (QED) is 0.791. The van der Waals surface area contributed by atoms with Gasteiger partial charge in [0.2, 0.25) is 0 Å². The Morgan fingerprint density at radius 3 is 2.91 bits per heavy atom. The number of anilines is 1. The van der Waals surface area contributed by atoms with E-state index in [2.05, 4.69) is 18.2 Å². The van der Waals surface area contributed by atoms with E-state index in [0.29, 0.717) is 5.25 Å². The summed E-state index contributed by atoms with van der Waals surface area (Å²) in [5.74, 6) is 0.994. The Bertz CT molecular complexity index is 220. The van der Waals surface area contributed by atoms with Crippen LogP contribution < -0.4 is 5.73 Å². The molecule has 0 amide bonds. The van der Waals surface area contributed by atoms with Crippen LogP contribution in [0.15, 0.2) is 6.20 Å². The Kier molecular flexibility index (Phi) is 3.20. The van der Waals surface area contributed by atoms with E-state index >= 15 is 0 Å². The molecule has 0 radical (unpaired) electrons. The van der Waals surface area contributed by atoms with E-state index in [9.17, 15) is 0 Å². The Hall–Kier alpha value is -0.220. The highest BCUT2D eigenvalue weighted by molar-refractivity contribution is 7.99. The smallest absolute Gasteiger partial charge is 0.0668 e. The maximum atomic E-state index is 5.66. The number of hydrogen-bond acceptors (Lipinski definition) is 4. The van der Waals surface area contributed by atoms with Crippen molar-refractivity contribution in [1.29, 1.82) is 0 Å². The van der Waals surface area contributed by atoms with E-state index < -0.39 is 0 Å². The number of thioether (sulfide) groups is 1. The fourth-order valence-electron chi connectivity index (χ4n) is 0.623. The summed E-state index contributed by atoms with van der Waals surface area (Å²) in [6.45, 7) is 4.36. The number of nitrogens with zero attached hydrogens (tertiary/aromatic N) is 1. The molecule has 0 fully saturated rings. The van der Waals surface area contributed by atoms with E-state index in [1.165, 1.54) is 16.4 Å². The van der Waals surface area contributed by atoms with Gasteiger partial charge in [-0.3, -0.25) is 0 Å². The predicted molar refractivity (Wildman–Crippen MR) is 53.0 cm³/mol. The van der Waals surface area contributed by atoms with Crippen molar-refractivity contribution in [2.75, 3.05) is 5.73 Å². The molecule has 1 heterocycles. The second-order valence-corrected chi connectivity index (χ2v) is 5.02. The predicted octanol–water partition coefficient (Wildman–Crippen LogP) is 2.37. The van der Waals surface area contributed by atoms with Crippen LogP contribution in [0.4, 0.5) is 5.69 Å². The number of rotatable bonds is 3. The average Bonchev–Trinajstić information content (AvgIpc) is 2.31. The van der Waals surface area contributed by atoms with E-state index in [1.54, 1.807) is 6.20 Å². The first kappa shape index (κ1) is 8.87. The van der Waals surface area contributed by atoms with Crippen LogP contribution >= 0.6 is 23.3 Å². The molecule has 1 rings (SSSR count). The average molecular weight is 188 g/mol. The van der Waals surface area contributed by atoms with Crippen LogP contribution in [-0.4, -0.2) is 9.62 Å². The molecule has 11 heavy (non-hydrogen) atoms. The second-order valence-electron chi connectivity index (χ2n) is 2.56. The monoisotopic (exact) mass is 188 g/mol. The molecule has 0 atom stereocenters. The van der Waals surface area contributed by atoms with Crippen LogP contribution in [0.25, 0.3) is 0 Å². The van der Waals surface area contributed by atoms with Crippen molar-refractivity contribution in [3.63, 3.8) is 0 Å². The number of nitrogens with two attached hydrogens (primary N) is 1. The van der Waals surface area contributed by atoms with Gasteiger partial charge in [0.15, 0.2) is 0 Å². The van der Waals surface area contributed by atoms with Crippen molar-refractivity contribution in [2.24, 2.45) is 0 Å². The third kappa shape index (κ3) is 2.71. The van der Waals surface area contributed by atoms with Gasteiger partial charge < -0.3 is 5.73 Å². The third-order valence-electron chi connectivity index (χ3n) is 1.22. The van der Waals surface area contributed by atoms with Gasteiger partial charge in [0.25, 0.3) is 0 Å². The summed E-state index contributed by atoms with van der Waals surface area (Å²) in [6, 6.07) is 0. The van der Waals surface area contributed by atoms with Crippen LogP contribution in [0.2, 0.25) is 0 Å². The van der Waals surface area contributed by atoms with Gasteiger partial charge in [0.1, 0.15) is 0 Å². The molecule has 2 nitrogen and oxygen atoms in total. The van der Waals surface area contributed by atoms with Crippen molar-refractivity contribution in [3.05, 3.63) is 11.1 Å². The Labute approximate surface area is 75.4 Å². The number of aromatic nitrogens is 1. The molecule has 2 N–H and O–H groups in total. The summed E-state index contributed by atoms with van der Waals surface area (Å²) in [5, 5.41) is 0.663. The Morgan fingerprint density at radius 1 is 1.73 bits per heavy atom. The molecule has 1 aromatic heterocycles. The summed E-state index contributed by atoms with van der Waals surface area (Å²) in [4.78, 5) is 1.20. The molecular weight excluding hydrogens is 176 g/mol. The minimum Gasteiger partial charge on any atom is -0.397 e. The lowest BCUT2D eigenvalue weighted by atomic mass is 10.5. The van der Waals surface area contributed by atoms with E-state index in [-0.39, 0.29) is 0 Å². The maximum Gasteiger partial charge on any atom is 0.0668 e. The highest BCUT2D eigenvalue weighted by atomic mass is 32.2. The van der Waals surface area contributed by atoms with E-state index in [4.69, 9.17) is 5.73 Å².